The van der Waals surface area contributed by atoms with Crippen molar-refractivity contribution in [2.75, 3.05) is 6.61 Å². The highest BCUT2D eigenvalue weighted by Crippen LogP contribution is 2.33. The lowest BCUT2D eigenvalue weighted by molar-refractivity contribution is -0.141. The van der Waals surface area contributed by atoms with Crippen LogP contribution in [0.15, 0.2) is 24.3 Å². The van der Waals surface area contributed by atoms with E-state index >= 15 is 0 Å². The van der Waals surface area contributed by atoms with Gasteiger partial charge in [-0.25, -0.2) is 0 Å². The minimum absolute atomic E-state index is 0.0185. The van der Waals surface area contributed by atoms with Crippen molar-refractivity contribution in [1.82, 2.24) is 5.32 Å². The molecule has 0 saturated carbocycles. The van der Waals surface area contributed by atoms with Crippen LogP contribution in [0.25, 0.3) is 0 Å². The van der Waals surface area contributed by atoms with Crippen molar-refractivity contribution in [3.63, 3.8) is 0 Å². The second-order valence-electron chi connectivity index (χ2n) is 6.27. The molecule has 0 spiro atoms. The van der Waals surface area contributed by atoms with Gasteiger partial charge in [0.15, 0.2) is 5.79 Å². The number of nitrogens with one attached hydrogen (secondary N) is 1. The first kappa shape index (κ1) is 14.0. The molecule has 1 saturated heterocycles. The van der Waals surface area contributed by atoms with Crippen molar-refractivity contribution >= 4 is 0 Å². The topological polar surface area (TPSA) is 50.7 Å². The molecule has 4 nitrogen and oxygen atoms in total. The Kier molecular flexibility index (Phi) is 3.58. The van der Waals surface area contributed by atoms with Crippen molar-refractivity contribution in [1.29, 1.82) is 0 Å². The van der Waals surface area contributed by atoms with E-state index in [2.05, 4.69) is 24.4 Å². The summed E-state index contributed by atoms with van der Waals surface area (Å²) in [6.07, 6.45) is 0.365. The molecule has 3 unspecified atom stereocenters. The van der Waals surface area contributed by atoms with E-state index in [4.69, 9.17) is 9.47 Å². The maximum absolute atomic E-state index is 10.3. The summed E-state index contributed by atoms with van der Waals surface area (Å²) in [5.74, 6) is -0.507. The predicted octanol–water partition coefficient (Wildman–Crippen LogP) is 1.77. The van der Waals surface area contributed by atoms with Crippen molar-refractivity contribution in [3.05, 3.63) is 35.4 Å². The van der Waals surface area contributed by atoms with Gasteiger partial charge in [-0.2, -0.15) is 0 Å². The smallest absolute Gasteiger partial charge is 0.163 e. The fourth-order valence-electron chi connectivity index (χ4n) is 3.13. The molecule has 0 aromatic heterocycles. The molecule has 3 rings (SSSR count). The number of aliphatic hydroxyl groups excluding tert-OH is 1. The van der Waals surface area contributed by atoms with Gasteiger partial charge in [0.25, 0.3) is 0 Å². The molecule has 1 aliphatic carbocycles. The molecule has 0 bridgehead atoms. The quantitative estimate of drug-likeness (QED) is 0.884. The molecule has 0 radical (unpaired) electrons. The number of rotatable bonds is 3. The first-order chi connectivity index (χ1) is 9.46. The van der Waals surface area contributed by atoms with Gasteiger partial charge in [0.2, 0.25) is 0 Å². The van der Waals surface area contributed by atoms with Crippen LogP contribution in [0.3, 0.4) is 0 Å². The highest BCUT2D eigenvalue weighted by Gasteiger charge is 2.38. The lowest BCUT2D eigenvalue weighted by Gasteiger charge is -2.27. The van der Waals surface area contributed by atoms with Crippen LogP contribution in [0.4, 0.5) is 0 Å². The summed E-state index contributed by atoms with van der Waals surface area (Å²) >= 11 is 0. The maximum atomic E-state index is 10.3. The van der Waals surface area contributed by atoms with E-state index in [0.29, 0.717) is 13.0 Å². The third kappa shape index (κ3) is 2.61. The fraction of sp³-hybridized carbons (Fsp3) is 0.625. The average molecular weight is 277 g/mol. The van der Waals surface area contributed by atoms with Crippen LogP contribution >= 0.6 is 0 Å². The SMILES string of the molecule is CC(NC1c2ccccc2CC1O)[C@H]1COC(C)(C)O1. The zero-order valence-electron chi connectivity index (χ0n) is 12.3. The number of hydrogen-bond acceptors (Lipinski definition) is 4. The predicted molar refractivity (Wildman–Crippen MR) is 76.4 cm³/mol. The Labute approximate surface area is 120 Å². The van der Waals surface area contributed by atoms with Crippen LogP contribution in [0.5, 0.6) is 0 Å². The van der Waals surface area contributed by atoms with E-state index in [1.165, 1.54) is 11.1 Å². The summed E-state index contributed by atoms with van der Waals surface area (Å²) in [6, 6.07) is 8.33. The molecule has 20 heavy (non-hydrogen) atoms. The molecule has 1 aromatic rings. The van der Waals surface area contributed by atoms with E-state index < -0.39 is 5.79 Å². The van der Waals surface area contributed by atoms with Gasteiger partial charge >= 0.3 is 0 Å². The van der Waals surface area contributed by atoms with E-state index in [-0.39, 0.29) is 24.3 Å². The van der Waals surface area contributed by atoms with Crippen LogP contribution < -0.4 is 5.32 Å². The molecule has 110 valence electrons. The minimum Gasteiger partial charge on any atom is -0.391 e. The summed E-state index contributed by atoms with van der Waals surface area (Å²) in [5, 5.41) is 13.8. The Morgan fingerprint density at radius 3 is 2.80 bits per heavy atom. The zero-order chi connectivity index (χ0) is 14.3. The monoisotopic (exact) mass is 277 g/mol. The number of aliphatic hydroxyl groups is 1. The third-order valence-electron chi connectivity index (χ3n) is 4.23. The Bertz CT molecular complexity index is 488. The van der Waals surface area contributed by atoms with Crippen molar-refractivity contribution < 1.29 is 14.6 Å². The second-order valence-corrected chi connectivity index (χ2v) is 6.27. The Balaban J connectivity index is 1.69. The summed E-state index contributed by atoms with van der Waals surface area (Å²) in [7, 11) is 0. The van der Waals surface area contributed by atoms with Gasteiger partial charge in [0.05, 0.1) is 24.9 Å². The maximum Gasteiger partial charge on any atom is 0.163 e. The van der Waals surface area contributed by atoms with E-state index in [0.717, 1.165) is 0 Å². The Morgan fingerprint density at radius 2 is 2.10 bits per heavy atom. The van der Waals surface area contributed by atoms with Crippen LogP contribution in [-0.4, -0.2) is 35.8 Å². The van der Waals surface area contributed by atoms with Crippen LogP contribution in [0, 0.1) is 0 Å². The molecule has 2 N–H and O–H groups in total. The van der Waals surface area contributed by atoms with Gasteiger partial charge in [0, 0.05) is 12.5 Å². The second kappa shape index (κ2) is 5.11. The number of hydrogen-bond donors (Lipinski definition) is 2. The highest BCUT2D eigenvalue weighted by atomic mass is 16.7. The zero-order valence-corrected chi connectivity index (χ0v) is 12.3. The largest absolute Gasteiger partial charge is 0.391 e. The normalized spacial score (nSPS) is 33.1. The number of ether oxygens (including phenoxy) is 2. The number of benzene rings is 1. The third-order valence-corrected chi connectivity index (χ3v) is 4.23. The first-order valence-corrected chi connectivity index (χ1v) is 7.30. The summed E-state index contributed by atoms with van der Waals surface area (Å²) in [4.78, 5) is 0. The molecule has 0 amide bonds. The Morgan fingerprint density at radius 1 is 1.35 bits per heavy atom. The fourth-order valence-corrected chi connectivity index (χ4v) is 3.13. The molecular weight excluding hydrogens is 254 g/mol. The van der Waals surface area contributed by atoms with Crippen molar-refractivity contribution in [2.45, 2.75) is 57.3 Å². The van der Waals surface area contributed by atoms with Crippen LogP contribution in [0.1, 0.15) is 37.9 Å². The van der Waals surface area contributed by atoms with E-state index in [9.17, 15) is 5.11 Å². The number of fused-ring (bicyclic) bond motifs is 1. The molecule has 1 aromatic carbocycles. The van der Waals surface area contributed by atoms with E-state index in [1.54, 1.807) is 0 Å². The summed E-state index contributed by atoms with van der Waals surface area (Å²) in [5.41, 5.74) is 2.43. The van der Waals surface area contributed by atoms with Crippen molar-refractivity contribution in [3.8, 4) is 0 Å². The summed E-state index contributed by atoms with van der Waals surface area (Å²) in [6.45, 7) is 6.54. The molecule has 4 heteroatoms. The van der Waals surface area contributed by atoms with Gasteiger partial charge in [-0.15, -0.1) is 0 Å². The molecule has 2 aliphatic rings. The molecule has 4 atom stereocenters. The molecule has 1 fully saturated rings. The first-order valence-electron chi connectivity index (χ1n) is 7.30. The van der Waals surface area contributed by atoms with Gasteiger partial charge in [-0.1, -0.05) is 24.3 Å². The van der Waals surface area contributed by atoms with Crippen molar-refractivity contribution in [2.24, 2.45) is 0 Å². The average Bonchev–Trinajstić information content (AvgIpc) is 2.91. The minimum atomic E-state index is -0.507. The van der Waals surface area contributed by atoms with Crippen LogP contribution in [-0.2, 0) is 15.9 Å². The molecule has 1 aliphatic heterocycles. The highest BCUT2D eigenvalue weighted by molar-refractivity contribution is 5.36. The summed E-state index contributed by atoms with van der Waals surface area (Å²) < 4.78 is 11.5. The lowest BCUT2D eigenvalue weighted by atomic mass is 10.1. The standard InChI is InChI=1S/C16H23NO3/c1-10(14-9-19-16(2,3)20-14)17-15-12-7-5-4-6-11(12)8-13(15)18/h4-7,10,13-15,17-18H,8-9H2,1-3H3/t10?,13?,14-,15?/m1/s1. The van der Waals surface area contributed by atoms with Gasteiger partial charge in [0.1, 0.15) is 0 Å². The van der Waals surface area contributed by atoms with Gasteiger partial charge < -0.3 is 19.9 Å². The van der Waals surface area contributed by atoms with Gasteiger partial charge in [-0.3, -0.25) is 0 Å². The Hall–Kier alpha value is -0.940. The van der Waals surface area contributed by atoms with Crippen LogP contribution in [0.2, 0.25) is 0 Å². The molecule has 1 heterocycles. The van der Waals surface area contributed by atoms with Gasteiger partial charge in [-0.05, 0) is 31.9 Å². The molecular formula is C16H23NO3. The lowest BCUT2D eigenvalue weighted by Crippen LogP contribution is -2.44. The van der Waals surface area contributed by atoms with E-state index in [1.807, 2.05) is 26.0 Å².